The molecule has 2 fully saturated rings. The molecule has 4 heteroatoms. The van der Waals surface area contributed by atoms with Crippen molar-refractivity contribution < 1.29 is 4.79 Å². The summed E-state index contributed by atoms with van der Waals surface area (Å²) in [5.74, 6) is 0. The Hall–Kier alpha value is -1.16. The molecule has 3 rings (SSSR count). The van der Waals surface area contributed by atoms with Gasteiger partial charge < -0.3 is 9.36 Å². The standard InChI is InChI=1S/C13H19N3O/c17-9-12-3-1-2-6-15(12)8-13-7-14-10-16(13)11-4-5-11/h7,9-12H,1-6,8H2. The van der Waals surface area contributed by atoms with E-state index in [4.69, 9.17) is 0 Å². The molecule has 1 saturated carbocycles. The molecule has 92 valence electrons. The van der Waals surface area contributed by atoms with E-state index in [1.54, 1.807) is 0 Å². The van der Waals surface area contributed by atoms with E-state index in [0.717, 1.165) is 25.8 Å². The minimum absolute atomic E-state index is 0.117. The molecule has 0 amide bonds. The summed E-state index contributed by atoms with van der Waals surface area (Å²) in [4.78, 5) is 17.6. The Morgan fingerprint density at radius 2 is 2.24 bits per heavy atom. The molecule has 0 bridgehead atoms. The van der Waals surface area contributed by atoms with Crippen LogP contribution in [0.3, 0.4) is 0 Å². The maximum atomic E-state index is 11.1. The van der Waals surface area contributed by atoms with Crippen molar-refractivity contribution in [2.24, 2.45) is 0 Å². The zero-order valence-electron chi connectivity index (χ0n) is 10.1. The Labute approximate surface area is 102 Å². The van der Waals surface area contributed by atoms with Crippen LogP contribution in [-0.2, 0) is 11.3 Å². The maximum Gasteiger partial charge on any atom is 0.137 e. The van der Waals surface area contributed by atoms with E-state index in [2.05, 4.69) is 14.5 Å². The van der Waals surface area contributed by atoms with Crippen LogP contribution in [0.1, 0.15) is 43.8 Å². The average molecular weight is 233 g/mol. The van der Waals surface area contributed by atoms with E-state index in [1.807, 2.05) is 12.5 Å². The van der Waals surface area contributed by atoms with Crippen LogP contribution in [0.4, 0.5) is 0 Å². The van der Waals surface area contributed by atoms with E-state index >= 15 is 0 Å². The van der Waals surface area contributed by atoms with Gasteiger partial charge in [-0.15, -0.1) is 0 Å². The van der Waals surface area contributed by atoms with Crippen LogP contribution < -0.4 is 0 Å². The number of aromatic nitrogens is 2. The number of carbonyl (C=O) groups is 1. The van der Waals surface area contributed by atoms with Crippen LogP contribution in [-0.4, -0.2) is 33.3 Å². The fourth-order valence-corrected chi connectivity index (χ4v) is 2.71. The van der Waals surface area contributed by atoms with Crippen molar-refractivity contribution >= 4 is 6.29 Å². The fourth-order valence-electron chi connectivity index (χ4n) is 2.71. The predicted molar refractivity (Wildman–Crippen MR) is 64.6 cm³/mol. The third-order valence-electron chi connectivity index (χ3n) is 3.87. The van der Waals surface area contributed by atoms with Crippen LogP contribution in [0.2, 0.25) is 0 Å². The monoisotopic (exact) mass is 233 g/mol. The number of hydrogen-bond donors (Lipinski definition) is 0. The minimum atomic E-state index is 0.117. The van der Waals surface area contributed by atoms with Gasteiger partial charge in [0.15, 0.2) is 0 Å². The highest BCUT2D eigenvalue weighted by molar-refractivity contribution is 5.57. The second-order valence-corrected chi connectivity index (χ2v) is 5.19. The lowest BCUT2D eigenvalue weighted by atomic mass is 10.0. The summed E-state index contributed by atoms with van der Waals surface area (Å²) in [6.07, 6.45) is 11.0. The van der Waals surface area contributed by atoms with Crippen molar-refractivity contribution in [2.75, 3.05) is 6.54 Å². The first kappa shape index (κ1) is 11.0. The zero-order valence-corrected chi connectivity index (χ0v) is 10.1. The fraction of sp³-hybridized carbons (Fsp3) is 0.692. The van der Waals surface area contributed by atoms with Gasteiger partial charge in [-0.05, 0) is 32.2 Å². The van der Waals surface area contributed by atoms with E-state index < -0.39 is 0 Å². The van der Waals surface area contributed by atoms with Crippen molar-refractivity contribution in [1.82, 2.24) is 14.5 Å². The molecular weight excluding hydrogens is 214 g/mol. The summed E-state index contributed by atoms with van der Waals surface area (Å²) in [5, 5.41) is 0. The normalized spacial score (nSPS) is 26.0. The number of imidazole rings is 1. The summed E-state index contributed by atoms with van der Waals surface area (Å²) < 4.78 is 2.29. The molecule has 4 nitrogen and oxygen atoms in total. The van der Waals surface area contributed by atoms with Crippen molar-refractivity contribution in [2.45, 2.75) is 50.7 Å². The van der Waals surface area contributed by atoms with Crippen LogP contribution in [0.15, 0.2) is 12.5 Å². The molecule has 2 aliphatic rings. The highest BCUT2D eigenvalue weighted by Gasteiger charge is 2.27. The predicted octanol–water partition coefficient (Wildman–Crippen LogP) is 1.77. The number of likely N-dealkylation sites (tertiary alicyclic amines) is 1. The Morgan fingerprint density at radius 1 is 1.35 bits per heavy atom. The highest BCUT2D eigenvalue weighted by atomic mass is 16.1. The molecule has 1 unspecified atom stereocenters. The molecule has 1 saturated heterocycles. The molecule has 0 spiro atoms. The van der Waals surface area contributed by atoms with Gasteiger partial charge >= 0.3 is 0 Å². The second-order valence-electron chi connectivity index (χ2n) is 5.19. The van der Waals surface area contributed by atoms with Crippen molar-refractivity contribution in [3.8, 4) is 0 Å². The lowest BCUT2D eigenvalue weighted by Gasteiger charge is -2.32. The Morgan fingerprint density at radius 3 is 3.00 bits per heavy atom. The largest absolute Gasteiger partial charge is 0.330 e. The number of carbonyl (C=O) groups excluding carboxylic acids is 1. The van der Waals surface area contributed by atoms with Gasteiger partial charge in [0.05, 0.1) is 18.1 Å². The van der Waals surface area contributed by atoms with E-state index in [0.29, 0.717) is 6.04 Å². The number of hydrogen-bond acceptors (Lipinski definition) is 3. The number of rotatable bonds is 4. The van der Waals surface area contributed by atoms with Gasteiger partial charge in [-0.25, -0.2) is 4.98 Å². The third-order valence-corrected chi connectivity index (χ3v) is 3.87. The van der Waals surface area contributed by atoms with Crippen molar-refractivity contribution in [1.29, 1.82) is 0 Å². The molecule has 1 aliphatic carbocycles. The van der Waals surface area contributed by atoms with E-state index in [-0.39, 0.29) is 6.04 Å². The van der Waals surface area contributed by atoms with Gasteiger partial charge in [-0.2, -0.15) is 0 Å². The summed E-state index contributed by atoms with van der Waals surface area (Å²) in [6, 6.07) is 0.790. The molecule has 1 aliphatic heterocycles. The lowest BCUT2D eigenvalue weighted by Crippen LogP contribution is -2.40. The molecule has 1 atom stereocenters. The van der Waals surface area contributed by atoms with Crippen molar-refractivity contribution in [3.05, 3.63) is 18.2 Å². The SMILES string of the molecule is O=CC1CCCCN1Cc1cncn1C1CC1. The topological polar surface area (TPSA) is 38.1 Å². The van der Waals surface area contributed by atoms with Crippen LogP contribution >= 0.6 is 0 Å². The first-order valence-electron chi connectivity index (χ1n) is 6.58. The molecule has 17 heavy (non-hydrogen) atoms. The van der Waals surface area contributed by atoms with E-state index in [9.17, 15) is 4.79 Å². The molecule has 1 aromatic heterocycles. The van der Waals surface area contributed by atoms with Crippen LogP contribution in [0.25, 0.3) is 0 Å². The molecule has 0 aromatic carbocycles. The highest BCUT2D eigenvalue weighted by Crippen LogP contribution is 2.36. The third kappa shape index (κ3) is 2.27. The molecule has 0 N–H and O–H groups in total. The average Bonchev–Trinajstić information content (AvgIpc) is 3.11. The van der Waals surface area contributed by atoms with E-state index in [1.165, 1.54) is 31.4 Å². The first-order chi connectivity index (χ1) is 8.38. The zero-order chi connectivity index (χ0) is 11.7. The van der Waals surface area contributed by atoms with Gasteiger partial charge in [0.1, 0.15) is 6.29 Å². The smallest absolute Gasteiger partial charge is 0.137 e. The van der Waals surface area contributed by atoms with Gasteiger partial charge in [0.2, 0.25) is 0 Å². The molecule has 1 aromatic rings. The Bertz CT molecular complexity index is 397. The van der Waals surface area contributed by atoms with Gasteiger partial charge in [0.25, 0.3) is 0 Å². The molecule has 2 heterocycles. The molecule has 0 radical (unpaired) electrons. The lowest BCUT2D eigenvalue weighted by molar-refractivity contribution is -0.113. The Kier molecular flexibility index (Phi) is 2.97. The summed E-state index contributed by atoms with van der Waals surface area (Å²) in [5.41, 5.74) is 1.27. The van der Waals surface area contributed by atoms with Crippen LogP contribution in [0, 0.1) is 0 Å². The minimum Gasteiger partial charge on any atom is -0.330 e. The summed E-state index contributed by atoms with van der Waals surface area (Å²) in [6.45, 7) is 1.92. The van der Waals surface area contributed by atoms with Gasteiger partial charge in [-0.1, -0.05) is 6.42 Å². The number of nitrogens with zero attached hydrogens (tertiary/aromatic N) is 3. The second kappa shape index (κ2) is 4.61. The number of aldehydes is 1. The molecular formula is C13H19N3O. The van der Waals surface area contributed by atoms with Gasteiger partial charge in [0, 0.05) is 18.8 Å². The van der Waals surface area contributed by atoms with Crippen LogP contribution in [0.5, 0.6) is 0 Å². The van der Waals surface area contributed by atoms with Crippen molar-refractivity contribution in [3.63, 3.8) is 0 Å². The quantitative estimate of drug-likeness (QED) is 0.744. The Balaban J connectivity index is 1.71. The van der Waals surface area contributed by atoms with Gasteiger partial charge in [-0.3, -0.25) is 4.90 Å². The summed E-state index contributed by atoms with van der Waals surface area (Å²) in [7, 11) is 0. The summed E-state index contributed by atoms with van der Waals surface area (Å²) >= 11 is 0. The maximum absolute atomic E-state index is 11.1. The number of piperidine rings is 1. The first-order valence-corrected chi connectivity index (χ1v) is 6.58.